The molecule has 1 fully saturated rings. The van der Waals surface area contributed by atoms with Crippen LogP contribution in [0.3, 0.4) is 0 Å². The highest BCUT2D eigenvalue weighted by atomic mass is 19.3. The van der Waals surface area contributed by atoms with Crippen LogP contribution in [0.5, 0.6) is 0 Å². The van der Waals surface area contributed by atoms with Crippen LogP contribution in [0.2, 0.25) is 0 Å². The molecule has 27 heavy (non-hydrogen) atoms. The van der Waals surface area contributed by atoms with Crippen molar-refractivity contribution < 1.29 is 23.8 Å². The Morgan fingerprint density at radius 1 is 1.44 bits per heavy atom. The van der Waals surface area contributed by atoms with Gasteiger partial charge in [0, 0.05) is 33.0 Å². The quantitative estimate of drug-likeness (QED) is 0.733. The maximum atomic E-state index is 13.5. The molecule has 0 radical (unpaired) electrons. The molecule has 1 unspecified atom stereocenters. The zero-order valence-electron chi connectivity index (χ0n) is 15.2. The SMILES string of the molecule is CN(C)c1cc2nc(C(NC(=O)O)C3CCC(F)(F)CC3)cn2nc1CO. The summed E-state index contributed by atoms with van der Waals surface area (Å²) in [5.74, 6) is -2.96. The van der Waals surface area contributed by atoms with E-state index in [0.717, 1.165) is 0 Å². The zero-order valence-corrected chi connectivity index (χ0v) is 15.2. The molecule has 0 spiro atoms. The van der Waals surface area contributed by atoms with Crippen molar-refractivity contribution in [2.45, 2.75) is 44.3 Å². The number of nitrogens with zero attached hydrogens (tertiary/aromatic N) is 4. The third-order valence-corrected chi connectivity index (χ3v) is 4.99. The van der Waals surface area contributed by atoms with Crippen LogP contribution < -0.4 is 10.2 Å². The molecule has 1 aliphatic carbocycles. The standard InChI is InChI=1S/C17H23F2N5O3/c1-23(2)13-7-14-20-11(8-24(14)22-12(13)9-25)15(21-16(26)27)10-3-5-17(18,19)6-4-10/h7-8,10,15,21,25H,3-6,9H2,1-2H3,(H,26,27). The van der Waals surface area contributed by atoms with E-state index in [-0.39, 0.29) is 38.2 Å². The number of carbonyl (C=O) groups is 1. The zero-order chi connectivity index (χ0) is 19.8. The highest BCUT2D eigenvalue weighted by Gasteiger charge is 2.39. The maximum Gasteiger partial charge on any atom is 0.405 e. The number of aliphatic hydroxyl groups is 1. The van der Waals surface area contributed by atoms with Crippen LogP contribution in [0, 0.1) is 5.92 Å². The highest BCUT2D eigenvalue weighted by molar-refractivity contribution is 5.65. The molecule has 2 aromatic heterocycles. The van der Waals surface area contributed by atoms with Crippen LogP contribution in [0.4, 0.5) is 19.3 Å². The molecule has 0 saturated heterocycles. The predicted molar refractivity (Wildman–Crippen MR) is 94.0 cm³/mol. The molecule has 3 N–H and O–H groups in total. The number of hydrogen-bond acceptors (Lipinski definition) is 5. The average molecular weight is 383 g/mol. The molecule has 8 nitrogen and oxygen atoms in total. The summed E-state index contributed by atoms with van der Waals surface area (Å²) in [7, 11) is 3.63. The van der Waals surface area contributed by atoms with Gasteiger partial charge in [0.05, 0.1) is 30.2 Å². The Balaban J connectivity index is 1.96. The van der Waals surface area contributed by atoms with Gasteiger partial charge in [-0.05, 0) is 18.8 Å². The van der Waals surface area contributed by atoms with E-state index in [1.165, 1.54) is 4.52 Å². The molecular weight excluding hydrogens is 360 g/mol. The molecule has 0 bridgehead atoms. The minimum atomic E-state index is -2.69. The number of aliphatic hydroxyl groups excluding tert-OH is 1. The lowest BCUT2D eigenvalue weighted by molar-refractivity contribution is -0.0495. The first-order valence-electron chi connectivity index (χ1n) is 8.75. The predicted octanol–water partition coefficient (Wildman–Crippen LogP) is 2.42. The summed E-state index contributed by atoms with van der Waals surface area (Å²) in [6, 6.07) is 1.05. The molecule has 1 saturated carbocycles. The topological polar surface area (TPSA) is 103 Å². The first-order valence-corrected chi connectivity index (χ1v) is 8.75. The van der Waals surface area contributed by atoms with Gasteiger partial charge in [0.15, 0.2) is 5.65 Å². The Morgan fingerprint density at radius 2 is 2.11 bits per heavy atom. The molecule has 2 heterocycles. The normalized spacial score (nSPS) is 18.4. The second-order valence-corrected chi connectivity index (χ2v) is 7.12. The lowest BCUT2D eigenvalue weighted by Gasteiger charge is -2.32. The van der Waals surface area contributed by atoms with Crippen LogP contribution in [-0.4, -0.2) is 50.9 Å². The number of hydrogen-bond donors (Lipinski definition) is 3. The Hall–Kier alpha value is -2.49. The van der Waals surface area contributed by atoms with Gasteiger partial charge in [0.2, 0.25) is 5.92 Å². The minimum absolute atomic E-state index is 0.212. The van der Waals surface area contributed by atoms with E-state index < -0.39 is 18.1 Å². The Morgan fingerprint density at radius 3 is 2.67 bits per heavy atom. The molecule has 0 aliphatic heterocycles. The number of imidazole rings is 1. The van der Waals surface area contributed by atoms with Crippen LogP contribution in [-0.2, 0) is 6.61 Å². The number of fused-ring (bicyclic) bond motifs is 1. The first kappa shape index (κ1) is 19.3. The van der Waals surface area contributed by atoms with Crippen molar-refractivity contribution in [2.24, 2.45) is 5.92 Å². The molecule has 1 aliphatic rings. The third kappa shape index (κ3) is 4.10. The fraction of sp³-hybridized carbons (Fsp3) is 0.588. The summed E-state index contributed by atoms with van der Waals surface area (Å²) in [5.41, 5.74) is 2.07. The Kier molecular flexibility index (Phi) is 5.18. The van der Waals surface area contributed by atoms with Crippen LogP contribution in [0.15, 0.2) is 12.3 Å². The van der Waals surface area contributed by atoms with Gasteiger partial charge in [0.25, 0.3) is 0 Å². The van der Waals surface area contributed by atoms with E-state index >= 15 is 0 Å². The van der Waals surface area contributed by atoms with Crippen molar-refractivity contribution in [2.75, 3.05) is 19.0 Å². The molecule has 2 aromatic rings. The smallest absolute Gasteiger partial charge is 0.405 e. The molecule has 10 heteroatoms. The van der Waals surface area contributed by atoms with Crippen molar-refractivity contribution in [3.05, 3.63) is 23.7 Å². The number of amides is 1. The number of alkyl halides is 2. The number of aromatic nitrogens is 3. The second kappa shape index (κ2) is 7.26. The molecule has 1 amide bonds. The maximum absolute atomic E-state index is 13.5. The Bertz CT molecular complexity index is 829. The van der Waals surface area contributed by atoms with E-state index in [9.17, 15) is 23.8 Å². The van der Waals surface area contributed by atoms with Gasteiger partial charge in [-0.1, -0.05) is 0 Å². The molecule has 3 rings (SSSR count). The summed E-state index contributed by atoms with van der Waals surface area (Å²) in [5, 5.41) is 25.5. The van der Waals surface area contributed by atoms with Gasteiger partial charge in [-0.2, -0.15) is 5.10 Å². The second-order valence-electron chi connectivity index (χ2n) is 7.12. The van der Waals surface area contributed by atoms with Crippen molar-refractivity contribution in [1.29, 1.82) is 0 Å². The molecule has 0 aromatic carbocycles. The van der Waals surface area contributed by atoms with Gasteiger partial charge in [0.1, 0.15) is 5.69 Å². The molecular formula is C17H23F2N5O3. The van der Waals surface area contributed by atoms with Crippen molar-refractivity contribution in [3.63, 3.8) is 0 Å². The number of rotatable bonds is 5. The van der Waals surface area contributed by atoms with Crippen LogP contribution in [0.25, 0.3) is 5.65 Å². The monoisotopic (exact) mass is 383 g/mol. The lowest BCUT2D eigenvalue weighted by Crippen LogP contribution is -2.36. The van der Waals surface area contributed by atoms with E-state index in [4.69, 9.17) is 0 Å². The van der Waals surface area contributed by atoms with Crippen LogP contribution in [0.1, 0.15) is 43.1 Å². The van der Waals surface area contributed by atoms with Gasteiger partial charge in [-0.15, -0.1) is 0 Å². The average Bonchev–Trinajstić information content (AvgIpc) is 3.01. The van der Waals surface area contributed by atoms with Crippen molar-refractivity contribution in [3.8, 4) is 0 Å². The highest BCUT2D eigenvalue weighted by Crippen LogP contribution is 2.41. The van der Waals surface area contributed by atoms with Gasteiger partial charge in [-0.25, -0.2) is 23.1 Å². The summed E-state index contributed by atoms with van der Waals surface area (Å²) in [6.07, 6.45) is 0.253. The van der Waals surface area contributed by atoms with Gasteiger partial charge in [-0.3, -0.25) is 0 Å². The number of carboxylic acid groups (broad SMARTS) is 1. The van der Waals surface area contributed by atoms with Crippen LogP contribution >= 0.6 is 0 Å². The summed E-state index contributed by atoms with van der Waals surface area (Å²) in [6.45, 7) is -0.258. The Labute approximate surface area is 154 Å². The lowest BCUT2D eigenvalue weighted by atomic mass is 9.81. The third-order valence-electron chi connectivity index (χ3n) is 4.99. The summed E-state index contributed by atoms with van der Waals surface area (Å²) in [4.78, 5) is 17.5. The van der Waals surface area contributed by atoms with Crippen molar-refractivity contribution >= 4 is 17.4 Å². The molecule has 148 valence electrons. The largest absolute Gasteiger partial charge is 0.465 e. The van der Waals surface area contributed by atoms with E-state index in [0.29, 0.717) is 22.7 Å². The van der Waals surface area contributed by atoms with Gasteiger partial charge < -0.3 is 20.4 Å². The summed E-state index contributed by atoms with van der Waals surface area (Å²) >= 11 is 0. The fourth-order valence-corrected chi connectivity index (χ4v) is 3.58. The number of anilines is 1. The van der Waals surface area contributed by atoms with Crippen molar-refractivity contribution in [1.82, 2.24) is 19.9 Å². The first-order chi connectivity index (χ1) is 12.7. The van der Waals surface area contributed by atoms with Gasteiger partial charge >= 0.3 is 6.09 Å². The van der Waals surface area contributed by atoms with E-state index in [1.807, 2.05) is 14.1 Å². The molecule has 1 atom stereocenters. The number of nitrogens with one attached hydrogen (secondary N) is 1. The van der Waals surface area contributed by atoms with E-state index in [1.54, 1.807) is 17.2 Å². The minimum Gasteiger partial charge on any atom is -0.465 e. The summed E-state index contributed by atoms with van der Waals surface area (Å²) < 4.78 is 28.4. The fourth-order valence-electron chi connectivity index (χ4n) is 3.58. The van der Waals surface area contributed by atoms with E-state index in [2.05, 4.69) is 15.4 Å². The number of halogens is 2.